The van der Waals surface area contributed by atoms with Gasteiger partial charge in [0.25, 0.3) is 0 Å². The maximum absolute atomic E-state index is 12.5. The van der Waals surface area contributed by atoms with Gasteiger partial charge in [0.2, 0.25) is 0 Å². The van der Waals surface area contributed by atoms with Crippen molar-refractivity contribution < 1.29 is 22.7 Å². The number of hydrogen-bond acceptors (Lipinski definition) is 3. The van der Waals surface area contributed by atoms with Gasteiger partial charge >= 0.3 is 12.1 Å². The Morgan fingerprint density at radius 3 is 2.70 bits per heavy atom. The van der Waals surface area contributed by atoms with Crippen molar-refractivity contribution in [2.45, 2.75) is 25.4 Å². The minimum Gasteiger partial charge on any atom is -0.469 e. The third-order valence-electron chi connectivity index (χ3n) is 2.51. The van der Waals surface area contributed by atoms with Gasteiger partial charge in [-0.05, 0) is 24.6 Å². The molecule has 0 aromatic heterocycles. The summed E-state index contributed by atoms with van der Waals surface area (Å²) >= 11 is 0. The predicted molar refractivity (Wildman–Crippen MR) is 68.6 cm³/mol. The molecule has 0 atom stereocenters. The number of nitrogens with two attached hydrogens (primary N) is 1. The number of benzene rings is 1. The summed E-state index contributed by atoms with van der Waals surface area (Å²) in [6.45, 7) is 0. The normalized spacial score (nSPS) is 10.6. The third-order valence-corrected chi connectivity index (χ3v) is 2.51. The van der Waals surface area contributed by atoms with Crippen molar-refractivity contribution in [1.82, 2.24) is 0 Å². The molecule has 0 aliphatic carbocycles. The van der Waals surface area contributed by atoms with Gasteiger partial charge in [0.1, 0.15) is 0 Å². The molecule has 0 aliphatic heterocycles. The van der Waals surface area contributed by atoms with Gasteiger partial charge in [0, 0.05) is 24.1 Å². The molecule has 0 fully saturated rings. The highest BCUT2D eigenvalue weighted by Crippen LogP contribution is 2.30. The first kappa shape index (κ1) is 15.9. The third kappa shape index (κ3) is 4.84. The van der Waals surface area contributed by atoms with E-state index in [1.165, 1.54) is 13.2 Å². The average Bonchev–Trinajstić information content (AvgIpc) is 2.38. The minimum atomic E-state index is -4.42. The van der Waals surface area contributed by atoms with Crippen LogP contribution in [0, 0.1) is 11.8 Å². The fourth-order valence-corrected chi connectivity index (χ4v) is 1.42. The standard InChI is InChI=1S/C14H14F3NO2/c1-20-13(19)6-4-2-3-5-10-9-11(14(15,16)17)7-8-12(10)18/h7-9H,2,4,6,18H2,1H3. The van der Waals surface area contributed by atoms with Crippen LogP contribution in [0.2, 0.25) is 0 Å². The number of rotatable bonds is 3. The lowest BCUT2D eigenvalue weighted by Crippen LogP contribution is -2.06. The van der Waals surface area contributed by atoms with Gasteiger partial charge in [0.15, 0.2) is 0 Å². The first-order valence-corrected chi connectivity index (χ1v) is 5.87. The van der Waals surface area contributed by atoms with E-state index in [9.17, 15) is 18.0 Å². The lowest BCUT2D eigenvalue weighted by molar-refractivity contribution is -0.140. The number of alkyl halides is 3. The lowest BCUT2D eigenvalue weighted by Gasteiger charge is -2.07. The lowest BCUT2D eigenvalue weighted by atomic mass is 10.1. The Morgan fingerprint density at radius 1 is 1.40 bits per heavy atom. The number of nitrogen functional groups attached to an aromatic ring is 1. The van der Waals surface area contributed by atoms with Crippen LogP contribution in [0.15, 0.2) is 18.2 Å². The van der Waals surface area contributed by atoms with Crippen LogP contribution >= 0.6 is 0 Å². The van der Waals surface area contributed by atoms with E-state index in [0.717, 1.165) is 12.1 Å². The molecule has 0 unspecified atom stereocenters. The smallest absolute Gasteiger partial charge is 0.416 e. The van der Waals surface area contributed by atoms with Crippen LogP contribution in [0.4, 0.5) is 18.9 Å². The Labute approximate surface area is 114 Å². The second-order valence-corrected chi connectivity index (χ2v) is 4.03. The summed E-state index contributed by atoms with van der Waals surface area (Å²) in [5.41, 5.74) is 5.12. The van der Waals surface area contributed by atoms with Gasteiger partial charge in [0.05, 0.1) is 12.7 Å². The van der Waals surface area contributed by atoms with E-state index in [1.807, 2.05) is 0 Å². The largest absolute Gasteiger partial charge is 0.469 e. The fraction of sp³-hybridized carbons (Fsp3) is 0.357. The van der Waals surface area contributed by atoms with E-state index in [1.54, 1.807) is 0 Å². The topological polar surface area (TPSA) is 52.3 Å². The molecule has 0 radical (unpaired) electrons. The highest BCUT2D eigenvalue weighted by atomic mass is 19.4. The van der Waals surface area contributed by atoms with Crippen molar-refractivity contribution in [3.8, 4) is 11.8 Å². The second kappa shape index (κ2) is 6.85. The van der Waals surface area contributed by atoms with E-state index in [4.69, 9.17) is 5.73 Å². The molecule has 1 aromatic rings. The molecule has 0 amide bonds. The predicted octanol–water partition coefficient (Wildman–Crippen LogP) is 2.98. The van der Waals surface area contributed by atoms with Crippen LogP contribution in [0.1, 0.15) is 30.4 Å². The van der Waals surface area contributed by atoms with Gasteiger partial charge in [-0.1, -0.05) is 11.8 Å². The van der Waals surface area contributed by atoms with Gasteiger partial charge in [-0.25, -0.2) is 0 Å². The van der Waals surface area contributed by atoms with Gasteiger partial charge in [-0.2, -0.15) is 13.2 Å². The molecular formula is C14H14F3NO2. The number of anilines is 1. The summed E-state index contributed by atoms with van der Waals surface area (Å²) < 4.78 is 42.0. The molecule has 0 bridgehead atoms. The maximum atomic E-state index is 12.5. The summed E-state index contributed by atoms with van der Waals surface area (Å²) in [6, 6.07) is 3.02. The molecular weight excluding hydrogens is 271 g/mol. The second-order valence-electron chi connectivity index (χ2n) is 4.03. The molecule has 108 valence electrons. The van der Waals surface area contributed by atoms with E-state index >= 15 is 0 Å². The Hall–Kier alpha value is -2.16. The average molecular weight is 285 g/mol. The van der Waals surface area contributed by atoms with Crippen molar-refractivity contribution in [2.24, 2.45) is 0 Å². The summed E-state index contributed by atoms with van der Waals surface area (Å²) in [6.07, 6.45) is -3.33. The fourth-order valence-electron chi connectivity index (χ4n) is 1.42. The highest BCUT2D eigenvalue weighted by molar-refractivity contribution is 5.69. The molecule has 2 N–H and O–H groups in total. The van der Waals surface area contributed by atoms with Crippen LogP contribution in [0.25, 0.3) is 0 Å². The van der Waals surface area contributed by atoms with Crippen molar-refractivity contribution in [3.63, 3.8) is 0 Å². The number of halogens is 3. The van der Waals surface area contributed by atoms with Crippen molar-refractivity contribution >= 4 is 11.7 Å². The van der Waals surface area contributed by atoms with E-state index in [0.29, 0.717) is 12.8 Å². The first-order valence-electron chi connectivity index (χ1n) is 5.87. The van der Waals surface area contributed by atoms with E-state index in [2.05, 4.69) is 16.6 Å². The van der Waals surface area contributed by atoms with Gasteiger partial charge in [-0.15, -0.1) is 0 Å². The molecule has 0 saturated carbocycles. The van der Waals surface area contributed by atoms with Gasteiger partial charge in [-0.3, -0.25) is 4.79 Å². The van der Waals surface area contributed by atoms with E-state index < -0.39 is 11.7 Å². The van der Waals surface area contributed by atoms with Crippen molar-refractivity contribution in [3.05, 3.63) is 29.3 Å². The zero-order chi connectivity index (χ0) is 15.2. The first-order chi connectivity index (χ1) is 9.34. The molecule has 0 spiro atoms. The summed E-state index contributed by atoms with van der Waals surface area (Å²) in [5.74, 6) is 4.94. The number of ether oxygens (including phenoxy) is 1. The number of carbonyl (C=O) groups excluding carboxylic acids is 1. The summed E-state index contributed by atoms with van der Waals surface area (Å²) in [7, 11) is 1.29. The number of esters is 1. The molecule has 0 aliphatic rings. The number of unbranched alkanes of at least 4 members (excludes halogenated alkanes) is 1. The Morgan fingerprint density at radius 2 is 2.10 bits per heavy atom. The molecule has 1 rings (SSSR count). The molecule has 0 heterocycles. The monoisotopic (exact) mass is 285 g/mol. The van der Waals surface area contributed by atoms with Gasteiger partial charge < -0.3 is 10.5 Å². The molecule has 20 heavy (non-hydrogen) atoms. The van der Waals surface area contributed by atoms with Crippen LogP contribution in [-0.4, -0.2) is 13.1 Å². The molecule has 6 heteroatoms. The zero-order valence-corrected chi connectivity index (χ0v) is 10.9. The van der Waals surface area contributed by atoms with Crippen LogP contribution in [-0.2, 0) is 15.7 Å². The Bertz CT molecular complexity index is 542. The van der Waals surface area contributed by atoms with Crippen molar-refractivity contribution in [1.29, 1.82) is 0 Å². The quantitative estimate of drug-likeness (QED) is 0.402. The summed E-state index contributed by atoms with van der Waals surface area (Å²) in [5, 5.41) is 0. The number of carbonyl (C=O) groups is 1. The maximum Gasteiger partial charge on any atom is 0.416 e. The highest BCUT2D eigenvalue weighted by Gasteiger charge is 2.30. The SMILES string of the molecule is COC(=O)CCCC#Cc1cc(C(F)(F)F)ccc1N. The van der Waals surface area contributed by atoms with Crippen LogP contribution in [0.5, 0.6) is 0 Å². The molecule has 1 aromatic carbocycles. The Kier molecular flexibility index (Phi) is 5.44. The van der Waals surface area contributed by atoms with Crippen molar-refractivity contribution in [2.75, 3.05) is 12.8 Å². The van der Waals surface area contributed by atoms with Crippen LogP contribution in [0.3, 0.4) is 0 Å². The number of methoxy groups -OCH3 is 1. The number of hydrogen-bond donors (Lipinski definition) is 1. The molecule has 3 nitrogen and oxygen atoms in total. The summed E-state index contributed by atoms with van der Waals surface area (Å²) in [4.78, 5) is 10.8. The molecule has 0 saturated heterocycles. The van der Waals surface area contributed by atoms with E-state index in [-0.39, 0.29) is 23.6 Å². The Balaban J connectivity index is 2.71. The van der Waals surface area contributed by atoms with Crippen LogP contribution < -0.4 is 5.73 Å². The zero-order valence-electron chi connectivity index (χ0n) is 10.9. The minimum absolute atomic E-state index is 0.137.